The van der Waals surface area contributed by atoms with Crippen LogP contribution in [0.3, 0.4) is 0 Å². The molecule has 100 valence electrons. The fourth-order valence-electron chi connectivity index (χ4n) is 3.43. The molecule has 0 spiro atoms. The largest absolute Gasteiger partial charge is 0.316 e. The Morgan fingerprint density at radius 1 is 1.56 bits per heavy atom. The van der Waals surface area contributed by atoms with E-state index in [0.717, 1.165) is 27.2 Å². The molecule has 5 heteroatoms. The second kappa shape index (κ2) is 4.74. The first kappa shape index (κ1) is 13.4. The van der Waals surface area contributed by atoms with E-state index in [2.05, 4.69) is 46.1 Å². The molecule has 0 saturated carbocycles. The van der Waals surface area contributed by atoms with Gasteiger partial charge in [0.15, 0.2) is 0 Å². The fourth-order valence-corrected chi connectivity index (χ4v) is 5.24. The Bertz CT molecular complexity index is 440. The predicted molar refractivity (Wildman–Crippen MR) is 81.4 cm³/mol. The maximum Gasteiger partial charge on any atom is 0.107 e. The number of thiophene rings is 1. The molecule has 2 aliphatic rings. The van der Waals surface area contributed by atoms with Gasteiger partial charge in [-0.05, 0) is 54.2 Å². The molecule has 3 heterocycles. The monoisotopic (exact) mass is 348 g/mol. The van der Waals surface area contributed by atoms with E-state index in [9.17, 15) is 0 Å². The number of rotatable bonds is 2. The van der Waals surface area contributed by atoms with Crippen LogP contribution in [0.5, 0.6) is 0 Å². The fraction of sp³-hybridized carbons (Fsp3) is 0.692. The van der Waals surface area contributed by atoms with E-state index in [1.807, 2.05) is 0 Å². The van der Waals surface area contributed by atoms with Crippen LogP contribution in [0.1, 0.15) is 18.7 Å². The van der Waals surface area contributed by atoms with Crippen LogP contribution in [0.25, 0.3) is 0 Å². The van der Waals surface area contributed by atoms with Crippen LogP contribution in [-0.4, -0.2) is 30.1 Å². The Labute approximate surface area is 126 Å². The van der Waals surface area contributed by atoms with Gasteiger partial charge in [-0.25, -0.2) is 0 Å². The number of nitrogens with zero attached hydrogens (tertiary/aromatic N) is 1. The van der Waals surface area contributed by atoms with Crippen LogP contribution in [0, 0.1) is 11.8 Å². The average Bonchev–Trinajstić information content (AvgIpc) is 2.91. The minimum atomic E-state index is 0.289. The number of hydrogen-bond donors (Lipinski definition) is 1. The highest BCUT2D eigenvalue weighted by Gasteiger charge is 2.49. The molecule has 2 nitrogen and oxygen atoms in total. The number of halogens is 2. The zero-order valence-corrected chi connectivity index (χ0v) is 13.8. The molecule has 0 radical (unpaired) electrons. The van der Waals surface area contributed by atoms with Crippen molar-refractivity contribution in [3.05, 3.63) is 19.8 Å². The van der Waals surface area contributed by atoms with E-state index < -0.39 is 0 Å². The molecule has 0 aromatic carbocycles. The van der Waals surface area contributed by atoms with Gasteiger partial charge in [0, 0.05) is 34.5 Å². The lowest BCUT2D eigenvalue weighted by Gasteiger charge is -2.35. The lowest BCUT2D eigenvalue weighted by atomic mass is 9.85. The summed E-state index contributed by atoms with van der Waals surface area (Å²) in [7, 11) is 0. The number of hydrogen-bond acceptors (Lipinski definition) is 3. The summed E-state index contributed by atoms with van der Waals surface area (Å²) in [5.41, 5.74) is 0.289. The lowest BCUT2D eigenvalue weighted by molar-refractivity contribution is 0.133. The third kappa shape index (κ3) is 2.16. The van der Waals surface area contributed by atoms with Crippen molar-refractivity contribution >= 4 is 38.9 Å². The standard InChI is InChI=1S/C13H18BrClN2S/c1-13(2)10-5-16-4-8(10)6-17(13)7-9-3-11(14)12(15)18-9/h3,8,10,16H,4-7H2,1-2H3. The Morgan fingerprint density at radius 3 is 2.94 bits per heavy atom. The van der Waals surface area contributed by atoms with E-state index in [4.69, 9.17) is 11.6 Å². The molecule has 2 unspecified atom stereocenters. The van der Waals surface area contributed by atoms with Gasteiger partial charge in [-0.15, -0.1) is 11.3 Å². The van der Waals surface area contributed by atoms with Crippen molar-refractivity contribution in [2.24, 2.45) is 11.8 Å². The zero-order valence-electron chi connectivity index (χ0n) is 10.7. The van der Waals surface area contributed by atoms with Gasteiger partial charge in [0.05, 0.1) is 0 Å². The van der Waals surface area contributed by atoms with Crippen LogP contribution in [-0.2, 0) is 6.54 Å². The molecule has 3 rings (SSSR count). The summed E-state index contributed by atoms with van der Waals surface area (Å²) < 4.78 is 1.90. The van der Waals surface area contributed by atoms with Crippen molar-refractivity contribution in [2.75, 3.05) is 19.6 Å². The van der Waals surface area contributed by atoms with Crippen molar-refractivity contribution < 1.29 is 0 Å². The molecule has 18 heavy (non-hydrogen) atoms. The van der Waals surface area contributed by atoms with Crippen molar-refractivity contribution in [1.29, 1.82) is 0 Å². The molecule has 0 aliphatic carbocycles. The van der Waals surface area contributed by atoms with Crippen LogP contribution in [0.4, 0.5) is 0 Å². The highest BCUT2D eigenvalue weighted by Crippen LogP contribution is 2.42. The molecule has 0 amide bonds. The molecular formula is C13H18BrClN2S. The minimum Gasteiger partial charge on any atom is -0.316 e. The third-order valence-electron chi connectivity index (χ3n) is 4.56. The van der Waals surface area contributed by atoms with Crippen molar-refractivity contribution in [1.82, 2.24) is 10.2 Å². The summed E-state index contributed by atoms with van der Waals surface area (Å²) in [6, 6.07) is 2.16. The van der Waals surface area contributed by atoms with Gasteiger partial charge >= 0.3 is 0 Å². The van der Waals surface area contributed by atoms with Gasteiger partial charge in [0.1, 0.15) is 4.34 Å². The van der Waals surface area contributed by atoms with Crippen molar-refractivity contribution in [3.8, 4) is 0 Å². The Balaban J connectivity index is 1.77. The first-order valence-corrected chi connectivity index (χ1v) is 8.36. The average molecular weight is 350 g/mol. The quantitative estimate of drug-likeness (QED) is 0.877. The summed E-state index contributed by atoms with van der Waals surface area (Å²) in [6.45, 7) is 9.35. The topological polar surface area (TPSA) is 15.3 Å². The molecule has 1 aromatic heterocycles. The molecule has 1 aromatic rings. The lowest BCUT2D eigenvalue weighted by Crippen LogP contribution is -2.43. The Hall–Kier alpha value is 0.390. The molecule has 2 fully saturated rings. The molecule has 0 bridgehead atoms. The maximum atomic E-state index is 6.12. The van der Waals surface area contributed by atoms with E-state index in [0.29, 0.717) is 0 Å². The SMILES string of the molecule is CC1(C)C2CNCC2CN1Cc1cc(Br)c(Cl)s1. The van der Waals surface area contributed by atoms with Gasteiger partial charge in [-0.3, -0.25) is 4.90 Å². The second-order valence-electron chi connectivity index (χ2n) is 5.89. The first-order valence-electron chi connectivity index (χ1n) is 6.38. The molecular weight excluding hydrogens is 332 g/mol. The van der Waals surface area contributed by atoms with Crippen LogP contribution in [0.15, 0.2) is 10.5 Å². The van der Waals surface area contributed by atoms with Crippen LogP contribution >= 0.6 is 38.9 Å². The third-order valence-corrected chi connectivity index (χ3v) is 7.02. The van der Waals surface area contributed by atoms with Crippen molar-refractivity contribution in [2.45, 2.75) is 25.9 Å². The zero-order chi connectivity index (χ0) is 12.9. The normalized spacial score (nSPS) is 30.9. The highest BCUT2D eigenvalue weighted by atomic mass is 79.9. The molecule has 2 atom stereocenters. The Morgan fingerprint density at radius 2 is 2.33 bits per heavy atom. The summed E-state index contributed by atoms with van der Waals surface area (Å²) in [5, 5.41) is 3.52. The highest BCUT2D eigenvalue weighted by molar-refractivity contribution is 9.10. The van der Waals surface area contributed by atoms with Gasteiger partial charge in [0.2, 0.25) is 0 Å². The van der Waals surface area contributed by atoms with E-state index >= 15 is 0 Å². The summed E-state index contributed by atoms with van der Waals surface area (Å²) >= 11 is 11.3. The van der Waals surface area contributed by atoms with E-state index in [-0.39, 0.29) is 5.54 Å². The number of nitrogens with one attached hydrogen (secondary N) is 1. The van der Waals surface area contributed by atoms with Crippen molar-refractivity contribution in [3.63, 3.8) is 0 Å². The number of fused-ring (bicyclic) bond motifs is 1. The van der Waals surface area contributed by atoms with Gasteiger partial charge in [-0.1, -0.05) is 11.6 Å². The van der Waals surface area contributed by atoms with Crippen LogP contribution < -0.4 is 5.32 Å². The molecule has 2 aliphatic heterocycles. The smallest absolute Gasteiger partial charge is 0.107 e. The van der Waals surface area contributed by atoms with Gasteiger partial charge < -0.3 is 5.32 Å². The minimum absolute atomic E-state index is 0.289. The summed E-state index contributed by atoms with van der Waals surface area (Å²) in [4.78, 5) is 3.98. The first-order chi connectivity index (χ1) is 8.48. The Kier molecular flexibility index (Phi) is 3.52. The predicted octanol–water partition coefficient (Wildman–Crippen LogP) is 3.59. The van der Waals surface area contributed by atoms with Gasteiger partial charge in [0.25, 0.3) is 0 Å². The summed E-state index contributed by atoms with van der Waals surface area (Å²) in [6.07, 6.45) is 0. The van der Waals surface area contributed by atoms with E-state index in [1.165, 1.54) is 24.5 Å². The second-order valence-corrected chi connectivity index (χ2v) is 8.49. The van der Waals surface area contributed by atoms with E-state index in [1.54, 1.807) is 11.3 Å². The summed E-state index contributed by atoms with van der Waals surface area (Å²) in [5.74, 6) is 1.61. The number of likely N-dealkylation sites (tertiary alicyclic amines) is 1. The maximum absolute atomic E-state index is 6.12. The molecule has 2 saturated heterocycles. The van der Waals surface area contributed by atoms with Gasteiger partial charge in [-0.2, -0.15) is 0 Å². The van der Waals surface area contributed by atoms with Crippen LogP contribution in [0.2, 0.25) is 4.34 Å². The molecule has 1 N–H and O–H groups in total.